The van der Waals surface area contributed by atoms with Gasteiger partial charge in [-0.05, 0) is 19.9 Å². The zero-order valence-electron chi connectivity index (χ0n) is 12.4. The van der Waals surface area contributed by atoms with E-state index in [1.54, 1.807) is 0 Å². The maximum atomic E-state index is 12.0. The van der Waals surface area contributed by atoms with E-state index in [0.717, 1.165) is 31.9 Å². The van der Waals surface area contributed by atoms with Crippen LogP contribution in [0.15, 0.2) is 24.3 Å². The standard InChI is InChI=1S/C16H24N2O2/c1-3-18(4-2)16(19)9-11-17-14-10-12-20-15-8-6-5-7-13(14)15/h5-8,14,17H,3-4,9-12H2,1-2H3. The minimum Gasteiger partial charge on any atom is -0.493 e. The Morgan fingerprint density at radius 2 is 2.10 bits per heavy atom. The monoisotopic (exact) mass is 276 g/mol. The molecule has 110 valence electrons. The molecule has 1 atom stereocenters. The molecule has 1 amide bonds. The van der Waals surface area contributed by atoms with Crippen LogP contribution in [-0.2, 0) is 4.79 Å². The number of benzene rings is 1. The number of amides is 1. The van der Waals surface area contributed by atoms with Gasteiger partial charge in [0.2, 0.25) is 5.91 Å². The van der Waals surface area contributed by atoms with Crippen molar-refractivity contribution < 1.29 is 9.53 Å². The molecule has 0 spiro atoms. The van der Waals surface area contributed by atoms with Crippen molar-refractivity contribution in [2.75, 3.05) is 26.2 Å². The number of para-hydroxylation sites is 1. The highest BCUT2D eigenvalue weighted by atomic mass is 16.5. The second-order valence-electron chi connectivity index (χ2n) is 5.00. The fourth-order valence-corrected chi connectivity index (χ4v) is 2.64. The Morgan fingerprint density at radius 3 is 2.85 bits per heavy atom. The number of hydrogen-bond donors (Lipinski definition) is 1. The van der Waals surface area contributed by atoms with Gasteiger partial charge >= 0.3 is 0 Å². The van der Waals surface area contributed by atoms with Gasteiger partial charge in [-0.2, -0.15) is 0 Å². The topological polar surface area (TPSA) is 41.6 Å². The van der Waals surface area contributed by atoms with Gasteiger partial charge in [-0.3, -0.25) is 4.79 Å². The van der Waals surface area contributed by atoms with Crippen LogP contribution in [0.3, 0.4) is 0 Å². The zero-order chi connectivity index (χ0) is 14.4. The number of nitrogens with one attached hydrogen (secondary N) is 1. The number of nitrogens with zero attached hydrogens (tertiary/aromatic N) is 1. The molecule has 20 heavy (non-hydrogen) atoms. The molecule has 1 N–H and O–H groups in total. The molecule has 0 saturated heterocycles. The third-order valence-electron chi connectivity index (χ3n) is 3.80. The van der Waals surface area contributed by atoms with Crippen LogP contribution in [0.25, 0.3) is 0 Å². The van der Waals surface area contributed by atoms with E-state index >= 15 is 0 Å². The average Bonchev–Trinajstić information content (AvgIpc) is 2.49. The first-order valence-corrected chi connectivity index (χ1v) is 7.49. The summed E-state index contributed by atoms with van der Waals surface area (Å²) in [6.45, 7) is 7.06. The molecule has 1 heterocycles. The summed E-state index contributed by atoms with van der Waals surface area (Å²) in [6.07, 6.45) is 1.51. The second kappa shape index (κ2) is 7.29. The van der Waals surface area contributed by atoms with Gasteiger partial charge in [-0.25, -0.2) is 0 Å². The largest absolute Gasteiger partial charge is 0.493 e. The van der Waals surface area contributed by atoms with Crippen LogP contribution in [0.4, 0.5) is 0 Å². The van der Waals surface area contributed by atoms with Crippen molar-refractivity contribution in [3.63, 3.8) is 0 Å². The van der Waals surface area contributed by atoms with Crippen LogP contribution in [0, 0.1) is 0 Å². The van der Waals surface area contributed by atoms with Crippen LogP contribution in [0.5, 0.6) is 5.75 Å². The summed E-state index contributed by atoms with van der Waals surface area (Å²) >= 11 is 0. The van der Waals surface area contributed by atoms with Crippen molar-refractivity contribution in [1.82, 2.24) is 10.2 Å². The first-order chi connectivity index (χ1) is 9.76. The third-order valence-corrected chi connectivity index (χ3v) is 3.80. The van der Waals surface area contributed by atoms with E-state index in [4.69, 9.17) is 4.74 Å². The molecule has 1 aromatic carbocycles. The lowest BCUT2D eigenvalue weighted by Gasteiger charge is -2.27. The fraction of sp³-hybridized carbons (Fsp3) is 0.562. The van der Waals surface area contributed by atoms with E-state index in [-0.39, 0.29) is 5.91 Å². The van der Waals surface area contributed by atoms with Gasteiger partial charge in [-0.15, -0.1) is 0 Å². The molecule has 0 radical (unpaired) electrons. The number of fused-ring (bicyclic) bond motifs is 1. The highest BCUT2D eigenvalue weighted by Crippen LogP contribution is 2.31. The molecule has 4 heteroatoms. The van der Waals surface area contributed by atoms with Gasteiger partial charge in [0, 0.05) is 44.1 Å². The highest BCUT2D eigenvalue weighted by molar-refractivity contribution is 5.76. The Hall–Kier alpha value is -1.55. The second-order valence-corrected chi connectivity index (χ2v) is 5.00. The smallest absolute Gasteiger partial charge is 0.223 e. The summed E-state index contributed by atoms with van der Waals surface area (Å²) < 4.78 is 5.64. The van der Waals surface area contributed by atoms with Gasteiger partial charge in [-0.1, -0.05) is 18.2 Å². The molecule has 2 rings (SSSR count). The van der Waals surface area contributed by atoms with Crippen LogP contribution in [0.1, 0.15) is 38.3 Å². The molecule has 0 aromatic heterocycles. The average molecular weight is 276 g/mol. The van der Waals surface area contributed by atoms with Crippen molar-refractivity contribution >= 4 is 5.91 Å². The molecule has 0 saturated carbocycles. The summed E-state index contributed by atoms with van der Waals surface area (Å²) in [5.74, 6) is 1.19. The predicted molar refractivity (Wildman–Crippen MR) is 79.8 cm³/mol. The quantitative estimate of drug-likeness (QED) is 0.867. The maximum Gasteiger partial charge on any atom is 0.223 e. The minimum absolute atomic E-state index is 0.225. The van der Waals surface area contributed by atoms with E-state index in [9.17, 15) is 4.79 Å². The number of carbonyl (C=O) groups excluding carboxylic acids is 1. The van der Waals surface area contributed by atoms with Gasteiger partial charge in [0.15, 0.2) is 0 Å². The summed E-state index contributed by atoms with van der Waals surface area (Å²) in [4.78, 5) is 13.8. The molecule has 1 aromatic rings. The van der Waals surface area contributed by atoms with Gasteiger partial charge in [0.1, 0.15) is 5.75 Å². The predicted octanol–water partition coefficient (Wildman–Crippen LogP) is 2.36. The Kier molecular flexibility index (Phi) is 5.41. The molecule has 1 aliphatic heterocycles. The minimum atomic E-state index is 0.225. The molecular formula is C16H24N2O2. The number of rotatable bonds is 6. The Bertz CT molecular complexity index is 444. The molecule has 1 unspecified atom stereocenters. The lowest BCUT2D eigenvalue weighted by atomic mass is 10.0. The molecule has 1 aliphatic rings. The van der Waals surface area contributed by atoms with Crippen molar-refractivity contribution in [1.29, 1.82) is 0 Å². The molecule has 4 nitrogen and oxygen atoms in total. The SMILES string of the molecule is CCN(CC)C(=O)CCNC1CCOc2ccccc21. The van der Waals surface area contributed by atoms with Gasteiger partial charge in [0.25, 0.3) is 0 Å². The normalized spacial score (nSPS) is 17.2. The third kappa shape index (κ3) is 3.51. The Morgan fingerprint density at radius 1 is 1.35 bits per heavy atom. The van der Waals surface area contributed by atoms with Crippen molar-refractivity contribution in [2.24, 2.45) is 0 Å². The first-order valence-electron chi connectivity index (χ1n) is 7.49. The number of hydrogen-bond acceptors (Lipinski definition) is 3. The van der Waals surface area contributed by atoms with Crippen molar-refractivity contribution in [3.8, 4) is 5.75 Å². The fourth-order valence-electron chi connectivity index (χ4n) is 2.64. The lowest BCUT2D eigenvalue weighted by molar-refractivity contribution is -0.130. The van der Waals surface area contributed by atoms with Crippen molar-refractivity contribution in [2.45, 2.75) is 32.7 Å². The van der Waals surface area contributed by atoms with Crippen molar-refractivity contribution in [3.05, 3.63) is 29.8 Å². The molecule has 0 fully saturated rings. The molecular weight excluding hydrogens is 252 g/mol. The maximum absolute atomic E-state index is 12.0. The highest BCUT2D eigenvalue weighted by Gasteiger charge is 2.20. The number of carbonyl (C=O) groups is 1. The lowest BCUT2D eigenvalue weighted by Crippen LogP contribution is -2.34. The summed E-state index contributed by atoms with van der Waals surface area (Å²) in [7, 11) is 0. The van der Waals surface area contributed by atoms with E-state index in [2.05, 4.69) is 11.4 Å². The van der Waals surface area contributed by atoms with E-state index in [1.807, 2.05) is 36.9 Å². The summed E-state index contributed by atoms with van der Waals surface area (Å²) in [5, 5.41) is 3.48. The summed E-state index contributed by atoms with van der Waals surface area (Å²) in [6, 6.07) is 8.42. The van der Waals surface area contributed by atoms with E-state index < -0.39 is 0 Å². The van der Waals surface area contributed by atoms with Crippen LogP contribution in [-0.4, -0.2) is 37.0 Å². The summed E-state index contributed by atoms with van der Waals surface area (Å²) in [5.41, 5.74) is 1.20. The van der Waals surface area contributed by atoms with E-state index in [0.29, 0.717) is 19.0 Å². The Labute approximate surface area is 121 Å². The molecule has 0 aliphatic carbocycles. The van der Waals surface area contributed by atoms with Crippen LogP contribution in [0.2, 0.25) is 0 Å². The van der Waals surface area contributed by atoms with Gasteiger partial charge < -0.3 is 15.0 Å². The Balaban J connectivity index is 1.85. The zero-order valence-corrected chi connectivity index (χ0v) is 12.4. The van der Waals surface area contributed by atoms with E-state index in [1.165, 1.54) is 5.56 Å². The molecule has 0 bridgehead atoms. The van der Waals surface area contributed by atoms with Gasteiger partial charge in [0.05, 0.1) is 6.61 Å². The van der Waals surface area contributed by atoms with Crippen LogP contribution >= 0.6 is 0 Å². The number of ether oxygens (including phenoxy) is 1. The van der Waals surface area contributed by atoms with Crippen LogP contribution < -0.4 is 10.1 Å². The first kappa shape index (κ1) is 14.9.